The Morgan fingerprint density at radius 2 is 2.00 bits per heavy atom. The molecule has 1 aliphatic rings. The first-order valence-corrected chi connectivity index (χ1v) is 7.59. The molecule has 0 aliphatic carbocycles. The Balaban J connectivity index is 1.82. The lowest BCUT2D eigenvalue weighted by Gasteiger charge is -2.30. The third kappa shape index (κ3) is 2.99. The molecule has 21 heavy (non-hydrogen) atoms. The molecule has 0 spiro atoms. The monoisotopic (exact) mass is 285 g/mol. The third-order valence-corrected chi connectivity index (χ3v) is 4.32. The normalized spacial score (nSPS) is 17.3. The van der Waals surface area contributed by atoms with Gasteiger partial charge in [0.25, 0.3) is 0 Å². The Labute approximate surface area is 125 Å². The van der Waals surface area contributed by atoms with Crippen LogP contribution in [0.2, 0.25) is 0 Å². The van der Waals surface area contributed by atoms with E-state index in [0.717, 1.165) is 44.0 Å². The molecule has 0 radical (unpaired) electrons. The number of aromatic nitrogens is 3. The van der Waals surface area contributed by atoms with Crippen LogP contribution in [0.25, 0.3) is 5.82 Å². The summed E-state index contributed by atoms with van der Waals surface area (Å²) in [7, 11) is 0. The second-order valence-electron chi connectivity index (χ2n) is 5.86. The Bertz CT molecular complexity index is 597. The van der Waals surface area contributed by atoms with Crippen molar-refractivity contribution < 1.29 is 0 Å². The number of nitrogens with zero attached hydrogens (tertiary/aromatic N) is 4. The fourth-order valence-electron chi connectivity index (χ4n) is 2.94. The van der Waals surface area contributed by atoms with Crippen molar-refractivity contribution in [2.24, 2.45) is 5.73 Å². The van der Waals surface area contributed by atoms with Crippen LogP contribution in [0.3, 0.4) is 0 Å². The average Bonchev–Trinajstić information content (AvgIpc) is 2.78. The molecule has 0 aromatic carbocycles. The highest BCUT2D eigenvalue weighted by molar-refractivity contribution is 5.32. The van der Waals surface area contributed by atoms with Crippen LogP contribution in [0.15, 0.2) is 24.4 Å². The molecule has 3 heterocycles. The van der Waals surface area contributed by atoms with Gasteiger partial charge in [-0.05, 0) is 51.9 Å². The Morgan fingerprint density at radius 3 is 2.67 bits per heavy atom. The lowest BCUT2D eigenvalue weighted by Crippen LogP contribution is -2.39. The van der Waals surface area contributed by atoms with Crippen LogP contribution in [-0.2, 0) is 6.54 Å². The molecule has 0 amide bonds. The number of nitrogens with two attached hydrogens (primary N) is 1. The molecule has 0 saturated carbocycles. The van der Waals surface area contributed by atoms with Crippen LogP contribution in [0, 0.1) is 13.8 Å². The van der Waals surface area contributed by atoms with Crippen LogP contribution >= 0.6 is 0 Å². The van der Waals surface area contributed by atoms with Crippen LogP contribution in [-0.4, -0.2) is 38.8 Å². The number of hydrogen-bond donors (Lipinski definition) is 1. The Kier molecular flexibility index (Phi) is 4.03. The molecule has 3 rings (SSSR count). The van der Waals surface area contributed by atoms with Gasteiger partial charge in [0.2, 0.25) is 0 Å². The molecular formula is C16H23N5. The predicted octanol–water partition coefficient (Wildman–Crippen LogP) is 1.81. The highest BCUT2D eigenvalue weighted by Crippen LogP contribution is 2.20. The maximum Gasteiger partial charge on any atom is 0.153 e. The van der Waals surface area contributed by atoms with Crippen LogP contribution < -0.4 is 5.73 Å². The van der Waals surface area contributed by atoms with E-state index < -0.39 is 0 Å². The lowest BCUT2D eigenvalue weighted by atomic mass is 10.0. The minimum Gasteiger partial charge on any atom is -0.328 e. The minimum atomic E-state index is 0.375. The summed E-state index contributed by atoms with van der Waals surface area (Å²) in [4.78, 5) is 6.87. The maximum atomic E-state index is 5.98. The average molecular weight is 285 g/mol. The van der Waals surface area contributed by atoms with Gasteiger partial charge in [-0.15, -0.1) is 0 Å². The van der Waals surface area contributed by atoms with Gasteiger partial charge in [0, 0.05) is 30.0 Å². The van der Waals surface area contributed by atoms with Gasteiger partial charge >= 0.3 is 0 Å². The smallest absolute Gasteiger partial charge is 0.153 e. The second-order valence-corrected chi connectivity index (χ2v) is 5.86. The van der Waals surface area contributed by atoms with Crippen molar-refractivity contribution in [3.8, 4) is 5.82 Å². The summed E-state index contributed by atoms with van der Waals surface area (Å²) in [5.74, 6) is 0.880. The zero-order valence-corrected chi connectivity index (χ0v) is 12.8. The first kappa shape index (κ1) is 14.2. The largest absolute Gasteiger partial charge is 0.328 e. The van der Waals surface area contributed by atoms with Crippen LogP contribution in [0.1, 0.15) is 29.8 Å². The van der Waals surface area contributed by atoms with Gasteiger partial charge in [0.05, 0.1) is 5.69 Å². The van der Waals surface area contributed by atoms with E-state index >= 15 is 0 Å². The topological polar surface area (TPSA) is 60.0 Å². The Hall–Kier alpha value is -1.72. The number of aryl methyl sites for hydroxylation is 1. The van der Waals surface area contributed by atoms with Gasteiger partial charge in [-0.2, -0.15) is 5.10 Å². The summed E-state index contributed by atoms with van der Waals surface area (Å²) in [6.45, 7) is 7.32. The molecule has 5 nitrogen and oxygen atoms in total. The lowest BCUT2D eigenvalue weighted by molar-refractivity contribution is 0.205. The molecule has 2 N–H and O–H groups in total. The van der Waals surface area contributed by atoms with Crippen molar-refractivity contribution in [2.75, 3.05) is 13.1 Å². The van der Waals surface area contributed by atoms with Gasteiger partial charge < -0.3 is 5.73 Å². The number of rotatable bonds is 3. The summed E-state index contributed by atoms with van der Waals surface area (Å²) < 4.78 is 1.94. The first-order valence-electron chi connectivity index (χ1n) is 7.59. The van der Waals surface area contributed by atoms with E-state index in [2.05, 4.69) is 28.8 Å². The third-order valence-electron chi connectivity index (χ3n) is 4.32. The van der Waals surface area contributed by atoms with Crippen molar-refractivity contribution in [1.82, 2.24) is 19.7 Å². The summed E-state index contributed by atoms with van der Waals surface area (Å²) in [6.07, 6.45) is 3.98. The quantitative estimate of drug-likeness (QED) is 0.934. The molecule has 1 aliphatic heterocycles. The molecule has 0 bridgehead atoms. The predicted molar refractivity (Wildman–Crippen MR) is 83.3 cm³/mol. The van der Waals surface area contributed by atoms with Gasteiger partial charge in [-0.25, -0.2) is 9.67 Å². The first-order chi connectivity index (χ1) is 10.1. The van der Waals surface area contributed by atoms with Gasteiger partial charge in [-0.3, -0.25) is 4.90 Å². The fraction of sp³-hybridized carbons (Fsp3) is 0.500. The molecule has 1 fully saturated rings. The summed E-state index contributed by atoms with van der Waals surface area (Å²) in [5, 5.41) is 4.66. The van der Waals surface area contributed by atoms with Crippen LogP contribution in [0.4, 0.5) is 0 Å². The highest BCUT2D eigenvalue weighted by Gasteiger charge is 2.20. The van der Waals surface area contributed by atoms with Gasteiger partial charge in [0.1, 0.15) is 0 Å². The molecule has 0 atom stereocenters. The zero-order valence-electron chi connectivity index (χ0n) is 12.8. The molecule has 1 saturated heterocycles. The van der Waals surface area contributed by atoms with Crippen molar-refractivity contribution in [3.05, 3.63) is 41.3 Å². The second kappa shape index (κ2) is 5.95. The zero-order chi connectivity index (χ0) is 14.8. The maximum absolute atomic E-state index is 5.98. The molecule has 2 aromatic heterocycles. The molecule has 5 heteroatoms. The van der Waals surface area contributed by atoms with Crippen molar-refractivity contribution in [2.45, 2.75) is 39.3 Å². The number of likely N-dealkylation sites (tertiary alicyclic amines) is 1. The van der Waals surface area contributed by atoms with E-state index in [0.29, 0.717) is 6.04 Å². The molecular weight excluding hydrogens is 262 g/mol. The van der Waals surface area contributed by atoms with Crippen molar-refractivity contribution in [3.63, 3.8) is 0 Å². The van der Waals surface area contributed by atoms with Crippen LogP contribution in [0.5, 0.6) is 0 Å². The van der Waals surface area contributed by atoms with E-state index in [4.69, 9.17) is 5.73 Å². The molecule has 0 unspecified atom stereocenters. The van der Waals surface area contributed by atoms with Gasteiger partial charge in [0.15, 0.2) is 5.82 Å². The summed E-state index contributed by atoms with van der Waals surface area (Å²) in [6, 6.07) is 6.28. The summed E-state index contributed by atoms with van der Waals surface area (Å²) in [5.41, 5.74) is 9.57. The molecule has 112 valence electrons. The standard InChI is InChI=1S/C16H23N5/c1-12-15(11-20-9-6-14(17)7-10-20)13(2)21(19-12)16-5-3-4-8-18-16/h3-5,8,14H,6-7,9-11,17H2,1-2H3. The Morgan fingerprint density at radius 1 is 1.24 bits per heavy atom. The highest BCUT2D eigenvalue weighted by atomic mass is 15.3. The van der Waals surface area contributed by atoms with E-state index in [1.807, 2.05) is 22.9 Å². The summed E-state index contributed by atoms with van der Waals surface area (Å²) >= 11 is 0. The van der Waals surface area contributed by atoms with E-state index in [-0.39, 0.29) is 0 Å². The number of pyridine rings is 1. The van der Waals surface area contributed by atoms with E-state index in [1.165, 1.54) is 11.3 Å². The minimum absolute atomic E-state index is 0.375. The van der Waals surface area contributed by atoms with Crippen molar-refractivity contribution in [1.29, 1.82) is 0 Å². The number of piperidine rings is 1. The fourth-order valence-corrected chi connectivity index (χ4v) is 2.94. The van der Waals surface area contributed by atoms with E-state index in [1.54, 1.807) is 6.20 Å². The van der Waals surface area contributed by atoms with Crippen molar-refractivity contribution >= 4 is 0 Å². The number of hydrogen-bond acceptors (Lipinski definition) is 4. The molecule has 2 aromatic rings. The SMILES string of the molecule is Cc1nn(-c2ccccn2)c(C)c1CN1CCC(N)CC1. The van der Waals surface area contributed by atoms with E-state index in [9.17, 15) is 0 Å². The van der Waals surface area contributed by atoms with Gasteiger partial charge in [-0.1, -0.05) is 6.07 Å².